The van der Waals surface area contributed by atoms with Crippen LogP contribution in [0.15, 0.2) is 37.1 Å². The van der Waals surface area contributed by atoms with Gasteiger partial charge in [-0.1, -0.05) is 0 Å². The number of rotatable bonds is 6. The van der Waals surface area contributed by atoms with Crippen LogP contribution >= 0.6 is 11.3 Å². The third-order valence-electron chi connectivity index (χ3n) is 5.31. The molecule has 5 aromatic rings. The lowest BCUT2D eigenvalue weighted by Gasteiger charge is -2.10. The van der Waals surface area contributed by atoms with Crippen LogP contribution in [0.4, 0.5) is 11.6 Å². The van der Waals surface area contributed by atoms with Gasteiger partial charge >= 0.3 is 0 Å². The molecule has 5 aromatic heterocycles. The van der Waals surface area contributed by atoms with Crippen molar-refractivity contribution < 1.29 is 5.11 Å². The van der Waals surface area contributed by atoms with Crippen molar-refractivity contribution in [2.45, 2.75) is 33.4 Å². The second-order valence-electron chi connectivity index (χ2n) is 7.95. The van der Waals surface area contributed by atoms with Crippen LogP contribution in [-0.4, -0.2) is 44.4 Å². The molecule has 0 aliphatic rings. The molecular weight excluding hydrogens is 438 g/mol. The van der Waals surface area contributed by atoms with Crippen LogP contribution in [0.1, 0.15) is 31.1 Å². The summed E-state index contributed by atoms with van der Waals surface area (Å²) < 4.78 is 3.83. The highest BCUT2D eigenvalue weighted by molar-refractivity contribution is 7.22. The summed E-state index contributed by atoms with van der Waals surface area (Å²) in [6.45, 7) is 6.08. The largest absolute Gasteiger partial charge is 0.390 e. The highest BCUT2D eigenvalue weighted by Crippen LogP contribution is 2.41. The van der Waals surface area contributed by atoms with Gasteiger partial charge in [-0.25, -0.2) is 24.9 Å². The molecule has 168 valence electrons. The summed E-state index contributed by atoms with van der Waals surface area (Å²) in [5.74, 6) is 2.32. The smallest absolute Gasteiger partial charge is 0.199 e. The van der Waals surface area contributed by atoms with E-state index in [0.717, 1.165) is 26.4 Å². The Balaban J connectivity index is 1.69. The quantitative estimate of drug-likeness (QED) is 0.391. The van der Waals surface area contributed by atoms with Gasteiger partial charge in [-0.2, -0.15) is 5.10 Å². The van der Waals surface area contributed by atoms with E-state index < -0.39 is 0 Å². The standard InChI is InChI=1S/C22H23N9OS/c1-12(2)31-7-5-15(29-31)18-13(3)17-19(26-16-9-14(10-32)24-11-25-16)27-20(28-22(17)33-18)21-23-6-8-30(21)4/h5-9,11-12,32H,10H2,1-4H3,(H,24,25,26,27,28). The van der Waals surface area contributed by atoms with Gasteiger partial charge in [0.05, 0.1) is 22.6 Å². The molecule has 0 unspecified atom stereocenters. The molecule has 2 N–H and O–H groups in total. The molecule has 0 aliphatic carbocycles. The minimum absolute atomic E-state index is 0.172. The van der Waals surface area contributed by atoms with Gasteiger partial charge in [0.15, 0.2) is 11.6 Å². The molecule has 5 heterocycles. The number of thiophene rings is 1. The maximum atomic E-state index is 9.45. The summed E-state index contributed by atoms with van der Waals surface area (Å²) in [5.41, 5.74) is 2.46. The summed E-state index contributed by atoms with van der Waals surface area (Å²) in [6.07, 6.45) is 6.98. The molecule has 0 saturated heterocycles. The van der Waals surface area contributed by atoms with E-state index in [1.54, 1.807) is 23.6 Å². The van der Waals surface area contributed by atoms with Gasteiger partial charge in [0, 0.05) is 37.7 Å². The molecule has 0 radical (unpaired) electrons. The molecule has 5 rings (SSSR count). The zero-order chi connectivity index (χ0) is 23.1. The normalized spacial score (nSPS) is 11.6. The number of nitrogens with one attached hydrogen (secondary N) is 1. The molecule has 0 spiro atoms. The Morgan fingerprint density at radius 2 is 2.00 bits per heavy atom. The number of imidazole rings is 1. The monoisotopic (exact) mass is 461 g/mol. The topological polar surface area (TPSA) is 119 Å². The van der Waals surface area contributed by atoms with Gasteiger partial charge in [0.1, 0.15) is 28.5 Å². The molecule has 0 atom stereocenters. The Morgan fingerprint density at radius 3 is 2.70 bits per heavy atom. The number of anilines is 2. The summed E-state index contributed by atoms with van der Waals surface area (Å²) in [6, 6.07) is 4.00. The van der Waals surface area contributed by atoms with Crippen LogP contribution in [0.2, 0.25) is 0 Å². The molecule has 0 saturated carbocycles. The summed E-state index contributed by atoms with van der Waals surface area (Å²) >= 11 is 1.57. The van der Waals surface area contributed by atoms with Gasteiger partial charge in [-0.05, 0) is 32.4 Å². The second kappa shape index (κ2) is 8.34. The molecular formula is C22H23N9OS. The van der Waals surface area contributed by atoms with Crippen molar-refractivity contribution in [1.82, 2.24) is 39.3 Å². The Hall–Kier alpha value is -3.70. The SMILES string of the molecule is Cc1c(-c2ccn(C(C)C)n2)sc2nc(-c3nccn3C)nc(Nc3cc(CO)ncn3)c12. The molecule has 0 aliphatic heterocycles. The third kappa shape index (κ3) is 3.85. The zero-order valence-electron chi connectivity index (χ0n) is 18.7. The van der Waals surface area contributed by atoms with Crippen LogP contribution in [0, 0.1) is 6.92 Å². The van der Waals surface area contributed by atoms with Crippen molar-refractivity contribution in [3.8, 4) is 22.2 Å². The number of fused-ring (bicyclic) bond motifs is 1. The minimum atomic E-state index is -0.172. The number of aliphatic hydroxyl groups is 1. The van der Waals surface area contributed by atoms with Crippen LogP contribution in [0.25, 0.3) is 32.4 Å². The highest BCUT2D eigenvalue weighted by Gasteiger charge is 2.21. The minimum Gasteiger partial charge on any atom is -0.390 e. The van der Waals surface area contributed by atoms with Crippen molar-refractivity contribution in [1.29, 1.82) is 0 Å². The van der Waals surface area contributed by atoms with Gasteiger partial charge in [-0.3, -0.25) is 4.68 Å². The molecule has 33 heavy (non-hydrogen) atoms. The summed E-state index contributed by atoms with van der Waals surface area (Å²) in [5, 5.41) is 18.4. The van der Waals surface area contributed by atoms with Crippen molar-refractivity contribution in [3.63, 3.8) is 0 Å². The number of aliphatic hydroxyl groups excluding tert-OH is 1. The first kappa shape index (κ1) is 21.2. The second-order valence-corrected chi connectivity index (χ2v) is 8.95. The maximum Gasteiger partial charge on any atom is 0.199 e. The van der Waals surface area contributed by atoms with E-state index in [1.165, 1.54) is 6.33 Å². The summed E-state index contributed by atoms with van der Waals surface area (Å²) in [7, 11) is 1.91. The van der Waals surface area contributed by atoms with Crippen LogP contribution in [-0.2, 0) is 13.7 Å². The van der Waals surface area contributed by atoms with E-state index in [4.69, 9.17) is 15.1 Å². The van der Waals surface area contributed by atoms with Crippen molar-refractivity contribution in [2.24, 2.45) is 7.05 Å². The van der Waals surface area contributed by atoms with E-state index in [-0.39, 0.29) is 12.6 Å². The molecule has 0 aromatic carbocycles. The fraction of sp³-hybridized carbons (Fsp3) is 0.273. The van der Waals surface area contributed by atoms with Gasteiger partial charge in [0.2, 0.25) is 0 Å². The predicted octanol–water partition coefficient (Wildman–Crippen LogP) is 3.87. The van der Waals surface area contributed by atoms with E-state index in [0.29, 0.717) is 29.0 Å². The molecule has 0 fully saturated rings. The Bertz CT molecular complexity index is 1450. The van der Waals surface area contributed by atoms with Gasteiger partial charge < -0.3 is 15.0 Å². The average molecular weight is 462 g/mol. The van der Waals surface area contributed by atoms with Crippen LogP contribution < -0.4 is 5.32 Å². The van der Waals surface area contributed by atoms with E-state index in [2.05, 4.69) is 41.0 Å². The number of hydrogen-bond donors (Lipinski definition) is 2. The van der Waals surface area contributed by atoms with E-state index >= 15 is 0 Å². The van der Waals surface area contributed by atoms with Crippen LogP contribution in [0.3, 0.4) is 0 Å². The Kier molecular flexibility index (Phi) is 5.35. The first-order valence-electron chi connectivity index (χ1n) is 10.5. The maximum absolute atomic E-state index is 9.45. The molecule has 0 bridgehead atoms. The lowest BCUT2D eigenvalue weighted by atomic mass is 10.1. The molecule has 10 nitrogen and oxygen atoms in total. The van der Waals surface area contributed by atoms with E-state index in [9.17, 15) is 5.11 Å². The number of hydrogen-bond acceptors (Lipinski definition) is 9. The third-order valence-corrected chi connectivity index (χ3v) is 6.52. The van der Waals surface area contributed by atoms with Crippen molar-refractivity contribution in [2.75, 3.05) is 5.32 Å². The first-order chi connectivity index (χ1) is 15.9. The Labute approximate surface area is 194 Å². The summed E-state index contributed by atoms with van der Waals surface area (Å²) in [4.78, 5) is 24.3. The average Bonchev–Trinajstić information content (AvgIpc) is 3.52. The van der Waals surface area contributed by atoms with Crippen LogP contribution in [0.5, 0.6) is 0 Å². The fourth-order valence-electron chi connectivity index (χ4n) is 3.58. The lowest BCUT2D eigenvalue weighted by molar-refractivity contribution is 0.276. The lowest BCUT2D eigenvalue weighted by Crippen LogP contribution is -2.03. The number of aromatic nitrogens is 8. The molecule has 0 amide bonds. The number of aryl methyl sites for hydroxylation is 2. The number of nitrogens with zero attached hydrogens (tertiary/aromatic N) is 8. The van der Waals surface area contributed by atoms with E-state index in [1.807, 2.05) is 34.8 Å². The first-order valence-corrected chi connectivity index (χ1v) is 11.3. The molecule has 11 heteroatoms. The van der Waals surface area contributed by atoms with Gasteiger partial charge in [0.25, 0.3) is 0 Å². The van der Waals surface area contributed by atoms with Crippen molar-refractivity contribution >= 4 is 33.2 Å². The predicted molar refractivity (Wildman–Crippen MR) is 127 cm³/mol. The highest BCUT2D eigenvalue weighted by atomic mass is 32.1. The fourth-order valence-corrected chi connectivity index (χ4v) is 4.72. The van der Waals surface area contributed by atoms with Gasteiger partial charge in [-0.15, -0.1) is 11.3 Å². The Morgan fingerprint density at radius 1 is 1.15 bits per heavy atom. The van der Waals surface area contributed by atoms with Crippen molar-refractivity contribution in [3.05, 3.63) is 48.3 Å². The zero-order valence-corrected chi connectivity index (χ0v) is 19.5.